The molecule has 1 heterocycles. The van der Waals surface area contributed by atoms with Crippen molar-refractivity contribution in [1.82, 2.24) is 0 Å². The molecule has 2 heteroatoms. The van der Waals surface area contributed by atoms with Crippen molar-refractivity contribution in [1.29, 1.82) is 0 Å². The SMILES string of the molecule is Cc1ccc2c3c(ccc2c1)-c1ccc(-c2ccc(N(c4ccccc4)c4ccccc4)cc2)c2cccc(c12)N3. The van der Waals surface area contributed by atoms with Gasteiger partial charge in [-0.2, -0.15) is 0 Å². The van der Waals surface area contributed by atoms with Crippen LogP contribution in [0.15, 0.2) is 146 Å². The van der Waals surface area contributed by atoms with E-state index in [1.165, 1.54) is 55.0 Å². The number of rotatable bonds is 4. The van der Waals surface area contributed by atoms with E-state index in [1.807, 2.05) is 0 Å². The number of anilines is 5. The predicted molar refractivity (Wildman–Crippen MR) is 175 cm³/mol. The number of benzene rings is 7. The average molecular weight is 525 g/mol. The zero-order valence-corrected chi connectivity index (χ0v) is 22.8. The molecule has 0 radical (unpaired) electrons. The number of para-hydroxylation sites is 2. The van der Waals surface area contributed by atoms with Crippen LogP contribution in [0.4, 0.5) is 28.4 Å². The van der Waals surface area contributed by atoms with Crippen molar-refractivity contribution in [2.24, 2.45) is 0 Å². The van der Waals surface area contributed by atoms with Crippen LogP contribution in [-0.2, 0) is 0 Å². The lowest BCUT2D eigenvalue weighted by molar-refractivity contribution is 1.28. The minimum Gasteiger partial charge on any atom is -0.354 e. The predicted octanol–water partition coefficient (Wildman–Crippen LogP) is 11.2. The van der Waals surface area contributed by atoms with Gasteiger partial charge in [0.2, 0.25) is 0 Å². The van der Waals surface area contributed by atoms with Crippen LogP contribution < -0.4 is 10.2 Å². The molecule has 0 bridgehead atoms. The van der Waals surface area contributed by atoms with Crippen molar-refractivity contribution in [3.8, 4) is 22.3 Å². The van der Waals surface area contributed by atoms with Gasteiger partial charge in [0.05, 0.1) is 5.69 Å². The van der Waals surface area contributed by atoms with Gasteiger partial charge in [-0.05, 0) is 76.9 Å². The van der Waals surface area contributed by atoms with Gasteiger partial charge in [-0.25, -0.2) is 0 Å². The molecule has 2 nitrogen and oxygen atoms in total. The Balaban J connectivity index is 1.24. The maximum absolute atomic E-state index is 3.80. The second-order valence-corrected chi connectivity index (χ2v) is 10.8. The normalized spacial score (nSPS) is 11.7. The summed E-state index contributed by atoms with van der Waals surface area (Å²) in [5.74, 6) is 0. The summed E-state index contributed by atoms with van der Waals surface area (Å²) in [5, 5.41) is 8.87. The first kappa shape index (κ1) is 23.5. The summed E-state index contributed by atoms with van der Waals surface area (Å²) in [7, 11) is 0. The van der Waals surface area contributed by atoms with Crippen molar-refractivity contribution in [2.75, 3.05) is 10.2 Å². The number of hydrogen-bond donors (Lipinski definition) is 1. The van der Waals surface area contributed by atoms with Crippen LogP contribution in [0.3, 0.4) is 0 Å². The summed E-state index contributed by atoms with van der Waals surface area (Å²) in [4.78, 5) is 2.30. The van der Waals surface area contributed by atoms with Gasteiger partial charge < -0.3 is 10.2 Å². The van der Waals surface area contributed by atoms with Crippen LogP contribution >= 0.6 is 0 Å². The molecule has 0 unspecified atom stereocenters. The van der Waals surface area contributed by atoms with Crippen LogP contribution in [0.1, 0.15) is 5.56 Å². The molecule has 7 aromatic carbocycles. The molecule has 0 saturated carbocycles. The molecule has 0 spiro atoms. The summed E-state index contributed by atoms with van der Waals surface area (Å²) in [5.41, 5.74) is 12.0. The molecule has 0 saturated heterocycles. The van der Waals surface area contributed by atoms with Crippen LogP contribution in [0.5, 0.6) is 0 Å². The van der Waals surface area contributed by atoms with Crippen molar-refractivity contribution in [3.63, 3.8) is 0 Å². The van der Waals surface area contributed by atoms with Gasteiger partial charge in [0.25, 0.3) is 0 Å². The molecule has 0 atom stereocenters. The Morgan fingerprint density at radius 3 is 1.88 bits per heavy atom. The first-order chi connectivity index (χ1) is 20.2. The van der Waals surface area contributed by atoms with E-state index in [-0.39, 0.29) is 0 Å². The lowest BCUT2D eigenvalue weighted by Crippen LogP contribution is -2.09. The Bertz CT molecular complexity index is 2020. The summed E-state index contributed by atoms with van der Waals surface area (Å²) in [6.07, 6.45) is 0. The van der Waals surface area contributed by atoms with Crippen molar-refractivity contribution < 1.29 is 0 Å². The van der Waals surface area contributed by atoms with Gasteiger partial charge in [-0.3, -0.25) is 0 Å². The second-order valence-electron chi connectivity index (χ2n) is 10.8. The number of nitrogens with zero attached hydrogens (tertiary/aromatic N) is 1. The minimum atomic E-state index is 1.13. The third kappa shape index (κ3) is 3.88. The van der Waals surface area contributed by atoms with E-state index in [4.69, 9.17) is 0 Å². The minimum absolute atomic E-state index is 1.13. The van der Waals surface area contributed by atoms with E-state index >= 15 is 0 Å². The maximum atomic E-state index is 3.80. The molecule has 194 valence electrons. The Kier molecular flexibility index (Phi) is 5.39. The van der Waals surface area contributed by atoms with E-state index < -0.39 is 0 Å². The first-order valence-corrected chi connectivity index (χ1v) is 14.1. The highest BCUT2D eigenvalue weighted by molar-refractivity contribution is 6.19. The molecule has 0 amide bonds. The van der Waals surface area contributed by atoms with E-state index in [0.717, 1.165) is 22.7 Å². The highest BCUT2D eigenvalue weighted by atomic mass is 15.1. The first-order valence-electron chi connectivity index (χ1n) is 14.1. The summed E-state index contributed by atoms with van der Waals surface area (Å²) < 4.78 is 0. The van der Waals surface area contributed by atoms with E-state index in [2.05, 4.69) is 163 Å². The zero-order chi connectivity index (χ0) is 27.3. The molecule has 1 aliphatic heterocycles. The largest absolute Gasteiger partial charge is 0.354 e. The highest BCUT2D eigenvalue weighted by Crippen LogP contribution is 2.48. The molecule has 1 aliphatic rings. The number of fused-ring (bicyclic) bond motifs is 4. The number of hydrogen-bond acceptors (Lipinski definition) is 2. The van der Waals surface area contributed by atoms with Crippen LogP contribution in [0, 0.1) is 6.92 Å². The Morgan fingerprint density at radius 1 is 0.488 bits per heavy atom. The number of aryl methyl sites for hydroxylation is 1. The van der Waals surface area contributed by atoms with Gasteiger partial charge in [-0.1, -0.05) is 109 Å². The molecular formula is C39H28N2. The third-order valence-corrected chi connectivity index (χ3v) is 8.23. The lowest BCUT2D eigenvalue weighted by Gasteiger charge is -2.26. The summed E-state index contributed by atoms with van der Waals surface area (Å²) >= 11 is 0. The summed E-state index contributed by atoms with van der Waals surface area (Å²) in [6.45, 7) is 2.15. The Labute approximate surface area is 240 Å². The molecule has 8 rings (SSSR count). The number of nitrogens with one attached hydrogen (secondary N) is 1. The van der Waals surface area contributed by atoms with E-state index in [0.29, 0.717) is 0 Å². The monoisotopic (exact) mass is 524 g/mol. The molecule has 7 aromatic rings. The van der Waals surface area contributed by atoms with Crippen molar-refractivity contribution in [2.45, 2.75) is 6.92 Å². The average Bonchev–Trinajstić information content (AvgIpc) is 3.03. The summed E-state index contributed by atoms with van der Waals surface area (Å²) in [6, 6.07) is 52.5. The molecule has 1 N–H and O–H groups in total. The smallest absolute Gasteiger partial charge is 0.0543 e. The van der Waals surface area contributed by atoms with Crippen molar-refractivity contribution >= 4 is 50.0 Å². The fourth-order valence-electron chi connectivity index (χ4n) is 6.32. The standard InChI is InChI=1S/C39H28N2/c1-26-15-21-33-28(25-26)18-22-36-35-24-23-32(34-13-8-14-37(38(34)35)40-39(33)36)27-16-19-31(20-17-27)41(29-9-4-2-5-10-29)30-11-6-3-7-12-30/h2-25,40H,1H3. The third-order valence-electron chi connectivity index (χ3n) is 8.23. The van der Waals surface area contributed by atoms with Gasteiger partial charge in [0.15, 0.2) is 0 Å². The molecule has 41 heavy (non-hydrogen) atoms. The van der Waals surface area contributed by atoms with Crippen LogP contribution in [0.2, 0.25) is 0 Å². The van der Waals surface area contributed by atoms with Gasteiger partial charge in [0.1, 0.15) is 0 Å². The molecule has 0 aromatic heterocycles. The van der Waals surface area contributed by atoms with Gasteiger partial charge in [-0.15, -0.1) is 0 Å². The van der Waals surface area contributed by atoms with E-state index in [9.17, 15) is 0 Å². The molecule has 0 fully saturated rings. The fourth-order valence-corrected chi connectivity index (χ4v) is 6.32. The second kappa shape index (κ2) is 9.39. The Morgan fingerprint density at radius 2 is 1.15 bits per heavy atom. The topological polar surface area (TPSA) is 15.3 Å². The van der Waals surface area contributed by atoms with Crippen LogP contribution in [0.25, 0.3) is 43.8 Å². The lowest BCUT2D eigenvalue weighted by atomic mass is 9.87. The Hall–Kier alpha value is -5.34. The maximum Gasteiger partial charge on any atom is 0.0543 e. The van der Waals surface area contributed by atoms with Gasteiger partial charge in [0, 0.05) is 39.1 Å². The highest BCUT2D eigenvalue weighted by Gasteiger charge is 2.21. The molecular weight excluding hydrogens is 496 g/mol. The van der Waals surface area contributed by atoms with Crippen LogP contribution in [-0.4, -0.2) is 0 Å². The van der Waals surface area contributed by atoms with E-state index in [1.54, 1.807) is 0 Å². The van der Waals surface area contributed by atoms with Crippen molar-refractivity contribution in [3.05, 3.63) is 151 Å². The zero-order valence-electron chi connectivity index (χ0n) is 22.8. The molecule has 0 aliphatic carbocycles. The fraction of sp³-hybridized carbons (Fsp3) is 0.0256. The van der Waals surface area contributed by atoms with Gasteiger partial charge >= 0.3 is 0 Å². The quantitative estimate of drug-likeness (QED) is 0.246.